The van der Waals surface area contributed by atoms with Gasteiger partial charge in [-0.25, -0.2) is 0 Å². The van der Waals surface area contributed by atoms with Gasteiger partial charge in [0.1, 0.15) is 5.75 Å². The standard InChI is InChI=1S/C18H16N4O2/c1-24-16-6-7-17-14(10-16)12-20-22(17)9-8-18(23)21-15-4-2-13(11-19)3-5-15/h2-7,10,12H,8-9H2,1H3,(H,21,23). The number of carbonyl (C=O) groups excluding carboxylic acids is 1. The fourth-order valence-electron chi connectivity index (χ4n) is 2.43. The van der Waals surface area contributed by atoms with Crippen LogP contribution in [0.4, 0.5) is 5.69 Å². The van der Waals surface area contributed by atoms with Crippen molar-refractivity contribution in [1.82, 2.24) is 9.78 Å². The van der Waals surface area contributed by atoms with Crippen LogP contribution < -0.4 is 10.1 Å². The number of benzene rings is 2. The molecule has 0 spiro atoms. The molecule has 0 saturated heterocycles. The number of rotatable bonds is 5. The molecular formula is C18H16N4O2. The minimum Gasteiger partial charge on any atom is -0.497 e. The third kappa shape index (κ3) is 3.36. The van der Waals surface area contributed by atoms with Crippen LogP contribution in [0.15, 0.2) is 48.7 Å². The molecule has 6 nitrogen and oxygen atoms in total. The summed E-state index contributed by atoms with van der Waals surface area (Å²) in [6.45, 7) is 0.484. The van der Waals surface area contributed by atoms with E-state index in [9.17, 15) is 4.79 Å². The minimum atomic E-state index is -0.100. The average molecular weight is 320 g/mol. The van der Waals surface area contributed by atoms with Gasteiger partial charge in [0.05, 0.1) is 37.0 Å². The average Bonchev–Trinajstić information content (AvgIpc) is 3.02. The first-order valence-electron chi connectivity index (χ1n) is 7.49. The van der Waals surface area contributed by atoms with Gasteiger partial charge in [0, 0.05) is 17.5 Å². The van der Waals surface area contributed by atoms with E-state index in [1.165, 1.54) is 0 Å². The van der Waals surface area contributed by atoms with E-state index in [0.717, 1.165) is 16.7 Å². The number of amides is 1. The van der Waals surface area contributed by atoms with Crippen molar-refractivity contribution >= 4 is 22.5 Å². The zero-order chi connectivity index (χ0) is 16.9. The topological polar surface area (TPSA) is 79.9 Å². The molecule has 0 aliphatic heterocycles. The van der Waals surface area contributed by atoms with Gasteiger partial charge in [-0.3, -0.25) is 9.48 Å². The molecule has 1 heterocycles. The lowest BCUT2D eigenvalue weighted by Gasteiger charge is -2.06. The summed E-state index contributed by atoms with van der Waals surface area (Å²) in [4.78, 5) is 12.1. The molecule has 0 bridgehead atoms. The fraction of sp³-hybridized carbons (Fsp3) is 0.167. The Balaban J connectivity index is 1.62. The van der Waals surface area contributed by atoms with Crippen LogP contribution in [0, 0.1) is 11.3 Å². The first kappa shape index (κ1) is 15.6. The van der Waals surface area contributed by atoms with Crippen LogP contribution in [0.1, 0.15) is 12.0 Å². The van der Waals surface area contributed by atoms with Gasteiger partial charge in [0.2, 0.25) is 5.91 Å². The van der Waals surface area contributed by atoms with E-state index in [1.54, 1.807) is 42.3 Å². The smallest absolute Gasteiger partial charge is 0.226 e. The number of aryl methyl sites for hydroxylation is 1. The van der Waals surface area contributed by atoms with Gasteiger partial charge in [-0.05, 0) is 42.5 Å². The Morgan fingerprint density at radius 1 is 1.29 bits per heavy atom. The van der Waals surface area contributed by atoms with Crippen LogP contribution >= 0.6 is 0 Å². The first-order valence-corrected chi connectivity index (χ1v) is 7.49. The fourth-order valence-corrected chi connectivity index (χ4v) is 2.43. The molecule has 120 valence electrons. The van der Waals surface area contributed by atoms with Crippen molar-refractivity contribution in [2.45, 2.75) is 13.0 Å². The van der Waals surface area contributed by atoms with Crippen molar-refractivity contribution in [2.75, 3.05) is 12.4 Å². The second-order valence-electron chi connectivity index (χ2n) is 5.28. The van der Waals surface area contributed by atoms with Gasteiger partial charge < -0.3 is 10.1 Å². The first-order chi connectivity index (χ1) is 11.7. The SMILES string of the molecule is COc1ccc2c(cnn2CCC(=O)Nc2ccc(C#N)cc2)c1. The summed E-state index contributed by atoms with van der Waals surface area (Å²) in [5.74, 6) is 0.678. The lowest BCUT2D eigenvalue weighted by Crippen LogP contribution is -2.14. The number of anilines is 1. The highest BCUT2D eigenvalue weighted by molar-refractivity contribution is 5.90. The molecule has 1 aromatic heterocycles. The predicted octanol–water partition coefficient (Wildman–Crippen LogP) is 2.95. The second-order valence-corrected chi connectivity index (χ2v) is 5.28. The largest absolute Gasteiger partial charge is 0.497 e. The molecule has 1 N–H and O–H groups in total. The molecule has 24 heavy (non-hydrogen) atoms. The van der Waals surface area contributed by atoms with Crippen molar-refractivity contribution in [2.24, 2.45) is 0 Å². The Bertz CT molecular complexity index is 907. The lowest BCUT2D eigenvalue weighted by molar-refractivity contribution is -0.116. The molecule has 1 amide bonds. The van der Waals surface area contributed by atoms with Gasteiger partial charge in [0.15, 0.2) is 0 Å². The summed E-state index contributed by atoms with van der Waals surface area (Å²) in [6, 6.07) is 14.5. The number of carbonyl (C=O) groups is 1. The van der Waals surface area contributed by atoms with Crippen molar-refractivity contribution in [3.63, 3.8) is 0 Å². The molecule has 0 saturated carbocycles. The zero-order valence-electron chi connectivity index (χ0n) is 13.2. The molecule has 2 aromatic carbocycles. The number of ether oxygens (including phenoxy) is 1. The van der Waals surface area contributed by atoms with E-state index in [2.05, 4.69) is 10.4 Å². The molecular weight excluding hydrogens is 304 g/mol. The maximum atomic E-state index is 12.1. The van der Waals surface area contributed by atoms with Crippen molar-refractivity contribution in [1.29, 1.82) is 5.26 Å². The summed E-state index contributed by atoms with van der Waals surface area (Å²) in [5, 5.41) is 16.9. The molecule has 0 fully saturated rings. The van der Waals surface area contributed by atoms with Gasteiger partial charge in [-0.2, -0.15) is 10.4 Å². The number of nitrogens with zero attached hydrogens (tertiary/aromatic N) is 3. The predicted molar refractivity (Wildman–Crippen MR) is 90.7 cm³/mol. The van der Waals surface area contributed by atoms with Crippen LogP contribution in [-0.4, -0.2) is 22.8 Å². The summed E-state index contributed by atoms with van der Waals surface area (Å²) in [7, 11) is 1.62. The Labute approximate surface area is 139 Å². The minimum absolute atomic E-state index is 0.100. The third-order valence-corrected chi connectivity index (χ3v) is 3.70. The number of hydrogen-bond acceptors (Lipinski definition) is 4. The number of nitriles is 1. The van der Waals surface area contributed by atoms with Crippen LogP contribution in [0.3, 0.4) is 0 Å². The highest BCUT2D eigenvalue weighted by atomic mass is 16.5. The lowest BCUT2D eigenvalue weighted by atomic mass is 10.2. The quantitative estimate of drug-likeness (QED) is 0.784. The van der Waals surface area contributed by atoms with Crippen LogP contribution in [-0.2, 0) is 11.3 Å². The van der Waals surface area contributed by atoms with Gasteiger partial charge in [0.25, 0.3) is 0 Å². The van der Waals surface area contributed by atoms with E-state index in [4.69, 9.17) is 10.00 Å². The van der Waals surface area contributed by atoms with E-state index >= 15 is 0 Å². The summed E-state index contributed by atoms with van der Waals surface area (Å²) < 4.78 is 6.99. The Hall–Kier alpha value is -3.33. The number of hydrogen-bond donors (Lipinski definition) is 1. The molecule has 6 heteroatoms. The summed E-state index contributed by atoms with van der Waals surface area (Å²) >= 11 is 0. The molecule has 3 rings (SSSR count). The summed E-state index contributed by atoms with van der Waals surface area (Å²) in [6.07, 6.45) is 2.07. The second kappa shape index (κ2) is 6.84. The summed E-state index contributed by atoms with van der Waals surface area (Å²) in [5.41, 5.74) is 2.20. The number of fused-ring (bicyclic) bond motifs is 1. The van der Waals surface area contributed by atoms with E-state index in [0.29, 0.717) is 24.2 Å². The maximum absolute atomic E-state index is 12.1. The van der Waals surface area contributed by atoms with Crippen molar-refractivity contribution in [3.05, 3.63) is 54.2 Å². The Kier molecular flexibility index (Phi) is 4.43. The van der Waals surface area contributed by atoms with E-state index < -0.39 is 0 Å². The molecule has 0 aliphatic carbocycles. The highest BCUT2D eigenvalue weighted by Crippen LogP contribution is 2.20. The number of aromatic nitrogens is 2. The molecule has 0 unspecified atom stereocenters. The van der Waals surface area contributed by atoms with Crippen molar-refractivity contribution in [3.8, 4) is 11.8 Å². The number of methoxy groups -OCH3 is 1. The normalized spacial score (nSPS) is 10.3. The van der Waals surface area contributed by atoms with Gasteiger partial charge in [-0.15, -0.1) is 0 Å². The molecule has 0 aliphatic rings. The Morgan fingerprint density at radius 3 is 2.79 bits per heavy atom. The zero-order valence-corrected chi connectivity index (χ0v) is 13.2. The van der Waals surface area contributed by atoms with E-state index in [1.807, 2.05) is 24.3 Å². The molecule has 3 aromatic rings. The van der Waals surface area contributed by atoms with E-state index in [-0.39, 0.29) is 5.91 Å². The van der Waals surface area contributed by atoms with Crippen LogP contribution in [0.5, 0.6) is 5.75 Å². The molecule has 0 radical (unpaired) electrons. The van der Waals surface area contributed by atoms with Crippen molar-refractivity contribution < 1.29 is 9.53 Å². The van der Waals surface area contributed by atoms with Crippen LogP contribution in [0.2, 0.25) is 0 Å². The highest BCUT2D eigenvalue weighted by Gasteiger charge is 2.07. The number of nitrogens with one attached hydrogen (secondary N) is 1. The third-order valence-electron chi connectivity index (χ3n) is 3.70. The van der Waals surface area contributed by atoms with Gasteiger partial charge >= 0.3 is 0 Å². The molecule has 0 atom stereocenters. The monoisotopic (exact) mass is 320 g/mol. The van der Waals surface area contributed by atoms with Gasteiger partial charge in [-0.1, -0.05) is 0 Å². The maximum Gasteiger partial charge on any atom is 0.226 e. The Morgan fingerprint density at radius 2 is 2.08 bits per heavy atom. The van der Waals surface area contributed by atoms with Crippen LogP contribution in [0.25, 0.3) is 10.9 Å².